The Hall–Kier alpha value is -2.08. The molecule has 0 aromatic rings. The Morgan fingerprint density at radius 3 is 3.00 bits per heavy atom. The third-order valence-corrected chi connectivity index (χ3v) is 6.17. The number of piperidine rings is 3. The Morgan fingerprint density at radius 2 is 2.19 bits per heavy atom. The minimum atomic E-state index is -0.143. The van der Waals surface area contributed by atoms with Crippen molar-refractivity contribution in [2.75, 3.05) is 39.8 Å². The third kappa shape index (κ3) is 3.07. The summed E-state index contributed by atoms with van der Waals surface area (Å²) in [7, 11) is 1.81. The van der Waals surface area contributed by atoms with Gasteiger partial charge in [-0.05, 0) is 44.4 Å². The lowest BCUT2D eigenvalue weighted by Gasteiger charge is -2.49. The highest BCUT2D eigenvalue weighted by molar-refractivity contribution is 5.88. The Kier molecular flexibility index (Phi) is 4.61. The molecule has 1 N–H and O–H groups in total. The monoisotopic (exact) mass is 356 g/mol. The summed E-state index contributed by atoms with van der Waals surface area (Å²) in [4.78, 5) is 31.4. The summed E-state index contributed by atoms with van der Waals surface area (Å²) in [6.07, 6.45) is 9.21. The van der Waals surface area contributed by atoms with Crippen LogP contribution in [-0.2, 0) is 9.59 Å². The molecular weight excluding hydrogens is 328 g/mol. The first kappa shape index (κ1) is 17.3. The number of likely N-dealkylation sites (N-methyl/N-ethyl adjacent to an activating group) is 1. The Balaban J connectivity index is 1.42. The highest BCUT2D eigenvalue weighted by Gasteiger charge is 2.40. The summed E-state index contributed by atoms with van der Waals surface area (Å²) in [5.41, 5.74) is 2.34. The maximum atomic E-state index is 12.9. The molecule has 0 aliphatic carbocycles. The van der Waals surface area contributed by atoms with E-state index in [1.165, 1.54) is 5.70 Å². The zero-order valence-corrected chi connectivity index (χ0v) is 15.5. The first-order valence-corrected chi connectivity index (χ1v) is 9.65. The lowest BCUT2D eigenvalue weighted by atomic mass is 9.81. The van der Waals surface area contributed by atoms with Crippen LogP contribution in [0.25, 0.3) is 0 Å². The normalized spacial score (nSPS) is 31.0. The number of fused-ring (bicyclic) bond motifs is 4. The Labute approximate surface area is 155 Å². The molecule has 0 aromatic heterocycles. The van der Waals surface area contributed by atoms with Gasteiger partial charge in [0.05, 0.1) is 12.6 Å². The molecule has 4 aliphatic heterocycles. The fourth-order valence-corrected chi connectivity index (χ4v) is 4.82. The first-order valence-electron chi connectivity index (χ1n) is 9.65. The van der Waals surface area contributed by atoms with E-state index in [1.807, 2.05) is 18.0 Å². The van der Waals surface area contributed by atoms with E-state index in [-0.39, 0.29) is 24.4 Å². The van der Waals surface area contributed by atoms with Crippen LogP contribution in [0.15, 0.2) is 36.2 Å². The first-order chi connectivity index (χ1) is 12.6. The number of allylic oxidation sites excluding steroid dienone is 3. The SMILES string of the molecule is C=C1C=CC=C2[C@H]3C[C@H](CN(C(=O)CN4CCC[C@H](NC)C4=O)C3)CN12. The number of amides is 2. The lowest BCUT2D eigenvalue weighted by molar-refractivity contribution is -0.145. The van der Waals surface area contributed by atoms with Crippen LogP contribution in [0.3, 0.4) is 0 Å². The van der Waals surface area contributed by atoms with Crippen molar-refractivity contribution < 1.29 is 9.59 Å². The maximum absolute atomic E-state index is 12.9. The summed E-state index contributed by atoms with van der Waals surface area (Å²) in [6, 6.07) is -0.143. The van der Waals surface area contributed by atoms with Gasteiger partial charge < -0.3 is 20.0 Å². The predicted octanol–water partition coefficient (Wildman–Crippen LogP) is 0.945. The summed E-state index contributed by atoms with van der Waals surface area (Å²) in [5, 5.41) is 3.06. The molecular formula is C20H28N4O2. The van der Waals surface area contributed by atoms with Crippen molar-refractivity contribution >= 4 is 11.8 Å². The molecule has 6 nitrogen and oxygen atoms in total. The molecule has 3 fully saturated rings. The molecule has 3 saturated heterocycles. The summed E-state index contributed by atoms with van der Waals surface area (Å²) < 4.78 is 0. The van der Waals surface area contributed by atoms with Crippen molar-refractivity contribution in [1.29, 1.82) is 0 Å². The zero-order chi connectivity index (χ0) is 18.3. The molecule has 0 unspecified atom stereocenters. The summed E-state index contributed by atoms with van der Waals surface area (Å²) >= 11 is 0. The number of carbonyl (C=O) groups excluding carboxylic acids is 2. The van der Waals surface area contributed by atoms with Gasteiger partial charge >= 0.3 is 0 Å². The molecule has 4 aliphatic rings. The Bertz CT molecular complexity index is 683. The zero-order valence-electron chi connectivity index (χ0n) is 15.5. The molecule has 6 heteroatoms. The fraction of sp³-hybridized carbons (Fsp3) is 0.600. The minimum absolute atomic E-state index is 0.0619. The van der Waals surface area contributed by atoms with E-state index in [1.54, 1.807) is 4.90 Å². The summed E-state index contributed by atoms with van der Waals surface area (Å²) in [5.74, 6) is 0.992. The van der Waals surface area contributed by atoms with Crippen LogP contribution in [-0.4, -0.2) is 72.3 Å². The third-order valence-electron chi connectivity index (χ3n) is 6.17. The van der Waals surface area contributed by atoms with Gasteiger partial charge in [0.2, 0.25) is 11.8 Å². The van der Waals surface area contributed by atoms with Crippen molar-refractivity contribution in [2.45, 2.75) is 25.3 Å². The second kappa shape index (κ2) is 6.91. The van der Waals surface area contributed by atoms with Crippen LogP contribution in [0.4, 0.5) is 0 Å². The number of hydrogen-bond donors (Lipinski definition) is 1. The average Bonchev–Trinajstić information content (AvgIpc) is 2.64. The molecule has 3 atom stereocenters. The lowest BCUT2D eigenvalue weighted by Crippen LogP contribution is -2.56. The predicted molar refractivity (Wildman–Crippen MR) is 99.9 cm³/mol. The number of rotatable bonds is 3. The van der Waals surface area contributed by atoms with Crippen LogP contribution in [0, 0.1) is 11.8 Å². The number of carbonyl (C=O) groups is 2. The van der Waals surface area contributed by atoms with Crippen LogP contribution in [0.5, 0.6) is 0 Å². The molecule has 140 valence electrons. The quantitative estimate of drug-likeness (QED) is 0.818. The standard InChI is InChI=1S/C20H28N4O2/c1-14-5-3-7-18-16-9-15(11-24(14)18)10-23(12-16)19(25)13-22-8-4-6-17(21-2)20(22)26/h3,5,7,15-17,21H,1,4,6,8-13H2,2H3/t15-,16+,17+/m1/s1. The van der Waals surface area contributed by atoms with Crippen LogP contribution >= 0.6 is 0 Å². The van der Waals surface area contributed by atoms with Crippen LogP contribution < -0.4 is 5.32 Å². The molecule has 2 amide bonds. The number of hydrogen-bond acceptors (Lipinski definition) is 4. The van der Waals surface area contributed by atoms with Crippen molar-refractivity contribution in [3.63, 3.8) is 0 Å². The largest absolute Gasteiger partial charge is 0.345 e. The minimum Gasteiger partial charge on any atom is -0.345 e. The molecule has 4 rings (SSSR count). The van der Waals surface area contributed by atoms with Crippen molar-refractivity contribution in [1.82, 2.24) is 20.0 Å². The topological polar surface area (TPSA) is 55.9 Å². The van der Waals surface area contributed by atoms with Gasteiger partial charge in [-0.25, -0.2) is 0 Å². The van der Waals surface area contributed by atoms with Gasteiger partial charge in [-0.1, -0.05) is 12.7 Å². The van der Waals surface area contributed by atoms with Gasteiger partial charge in [-0.15, -0.1) is 0 Å². The highest BCUT2D eigenvalue weighted by Crippen LogP contribution is 2.39. The second-order valence-electron chi connectivity index (χ2n) is 7.89. The van der Waals surface area contributed by atoms with Crippen LogP contribution in [0.2, 0.25) is 0 Å². The average molecular weight is 356 g/mol. The molecule has 4 heterocycles. The van der Waals surface area contributed by atoms with Crippen molar-refractivity contribution in [2.24, 2.45) is 11.8 Å². The van der Waals surface area contributed by atoms with Gasteiger partial charge in [0, 0.05) is 43.5 Å². The maximum Gasteiger partial charge on any atom is 0.242 e. The van der Waals surface area contributed by atoms with Gasteiger partial charge in [-0.3, -0.25) is 9.59 Å². The summed E-state index contributed by atoms with van der Waals surface area (Å²) in [6.45, 7) is 7.51. The van der Waals surface area contributed by atoms with E-state index < -0.39 is 0 Å². The molecule has 0 saturated carbocycles. The molecule has 26 heavy (non-hydrogen) atoms. The van der Waals surface area contributed by atoms with Gasteiger partial charge in [0.1, 0.15) is 0 Å². The fourth-order valence-electron chi connectivity index (χ4n) is 4.82. The van der Waals surface area contributed by atoms with E-state index in [9.17, 15) is 9.59 Å². The molecule has 0 aromatic carbocycles. The van der Waals surface area contributed by atoms with E-state index in [4.69, 9.17) is 0 Å². The molecule has 2 bridgehead atoms. The van der Waals surface area contributed by atoms with E-state index in [0.29, 0.717) is 18.4 Å². The number of nitrogens with zero attached hydrogens (tertiary/aromatic N) is 3. The van der Waals surface area contributed by atoms with E-state index in [2.05, 4.69) is 28.9 Å². The van der Waals surface area contributed by atoms with E-state index >= 15 is 0 Å². The van der Waals surface area contributed by atoms with Crippen LogP contribution in [0.1, 0.15) is 19.3 Å². The molecule has 0 radical (unpaired) electrons. The van der Waals surface area contributed by atoms with Crippen molar-refractivity contribution in [3.8, 4) is 0 Å². The highest BCUT2D eigenvalue weighted by atomic mass is 16.2. The molecule has 0 spiro atoms. The van der Waals surface area contributed by atoms with Gasteiger partial charge in [0.15, 0.2) is 0 Å². The second-order valence-corrected chi connectivity index (χ2v) is 7.89. The number of likely N-dealkylation sites (tertiary alicyclic amines) is 2. The number of nitrogens with one attached hydrogen (secondary N) is 1. The van der Waals surface area contributed by atoms with E-state index in [0.717, 1.165) is 44.6 Å². The van der Waals surface area contributed by atoms with Crippen molar-refractivity contribution in [3.05, 3.63) is 36.2 Å². The smallest absolute Gasteiger partial charge is 0.242 e. The van der Waals surface area contributed by atoms with Gasteiger partial charge in [0.25, 0.3) is 0 Å². The Morgan fingerprint density at radius 1 is 1.35 bits per heavy atom. The van der Waals surface area contributed by atoms with Gasteiger partial charge in [-0.2, -0.15) is 0 Å².